The summed E-state index contributed by atoms with van der Waals surface area (Å²) in [6, 6.07) is 11.1. The number of nitrogens with zero attached hydrogens (tertiary/aromatic N) is 1. The lowest BCUT2D eigenvalue weighted by molar-refractivity contribution is 0.471. The zero-order valence-electron chi connectivity index (χ0n) is 13.5. The van der Waals surface area contributed by atoms with Crippen molar-refractivity contribution < 1.29 is 0 Å². The van der Waals surface area contributed by atoms with E-state index in [-0.39, 0.29) is 5.41 Å². The second-order valence-electron chi connectivity index (χ2n) is 5.51. The Balaban J connectivity index is 2.40. The van der Waals surface area contributed by atoms with E-state index in [1.807, 2.05) is 0 Å². The maximum atomic E-state index is 4.98. The smallest absolute Gasteiger partial charge is 0.103 e. The topological polar surface area (TPSA) is 24.9 Å². The van der Waals surface area contributed by atoms with E-state index in [0.29, 0.717) is 6.04 Å². The largest absolute Gasteiger partial charge is 0.309 e. The number of rotatable bonds is 7. The Morgan fingerprint density at radius 2 is 1.81 bits per heavy atom. The zero-order chi connectivity index (χ0) is 15.3. The molecule has 21 heavy (non-hydrogen) atoms. The van der Waals surface area contributed by atoms with Crippen molar-refractivity contribution in [3.05, 3.63) is 52.0 Å². The summed E-state index contributed by atoms with van der Waals surface area (Å²) in [5.41, 5.74) is 2.60. The normalized spacial score (nSPS) is 13.3. The minimum atomic E-state index is 0.0517. The standard InChI is InChI=1S/C18H26N2S/c1-5-18(6-2,15-11-9-8-10-12-15)17-20-16(13-21-17)14(4)19-7-3/h8-14,19H,5-7H2,1-4H3. The molecule has 1 aromatic carbocycles. The van der Waals surface area contributed by atoms with Crippen LogP contribution >= 0.6 is 11.3 Å². The van der Waals surface area contributed by atoms with Crippen molar-refractivity contribution in [3.63, 3.8) is 0 Å². The van der Waals surface area contributed by atoms with Gasteiger partial charge in [-0.1, -0.05) is 51.1 Å². The van der Waals surface area contributed by atoms with Crippen molar-refractivity contribution in [2.45, 2.75) is 52.0 Å². The lowest BCUT2D eigenvalue weighted by atomic mass is 9.76. The first kappa shape index (κ1) is 16.2. The molecule has 0 spiro atoms. The Labute approximate surface area is 132 Å². The van der Waals surface area contributed by atoms with Gasteiger partial charge in [-0.3, -0.25) is 0 Å². The van der Waals surface area contributed by atoms with Gasteiger partial charge >= 0.3 is 0 Å². The lowest BCUT2D eigenvalue weighted by Gasteiger charge is -2.30. The van der Waals surface area contributed by atoms with Gasteiger partial charge in [0, 0.05) is 16.8 Å². The summed E-state index contributed by atoms with van der Waals surface area (Å²) in [7, 11) is 0. The van der Waals surface area contributed by atoms with Crippen LogP contribution in [0.3, 0.4) is 0 Å². The molecule has 3 heteroatoms. The molecule has 0 bridgehead atoms. The molecule has 1 atom stereocenters. The van der Waals surface area contributed by atoms with Crippen LogP contribution < -0.4 is 5.32 Å². The molecule has 2 aromatic rings. The van der Waals surface area contributed by atoms with Crippen molar-refractivity contribution in [2.75, 3.05) is 6.54 Å². The van der Waals surface area contributed by atoms with E-state index in [4.69, 9.17) is 4.98 Å². The zero-order valence-corrected chi connectivity index (χ0v) is 14.3. The summed E-state index contributed by atoms with van der Waals surface area (Å²) in [5, 5.41) is 6.91. The number of nitrogens with one attached hydrogen (secondary N) is 1. The second kappa shape index (κ2) is 7.19. The van der Waals surface area contributed by atoms with Crippen LogP contribution in [0, 0.1) is 0 Å². The van der Waals surface area contributed by atoms with Gasteiger partial charge in [-0.2, -0.15) is 0 Å². The summed E-state index contributed by atoms with van der Waals surface area (Å²) >= 11 is 1.80. The number of hydrogen-bond acceptors (Lipinski definition) is 3. The molecular formula is C18H26N2S. The Bertz CT molecular complexity index is 543. The molecule has 2 nitrogen and oxygen atoms in total. The molecule has 0 aliphatic carbocycles. The van der Waals surface area contributed by atoms with Crippen molar-refractivity contribution in [1.82, 2.24) is 10.3 Å². The van der Waals surface area contributed by atoms with Gasteiger partial charge in [-0.25, -0.2) is 4.98 Å². The fourth-order valence-electron chi connectivity index (χ4n) is 2.96. The van der Waals surface area contributed by atoms with Gasteiger partial charge in [-0.15, -0.1) is 11.3 Å². The van der Waals surface area contributed by atoms with Gasteiger partial charge in [0.2, 0.25) is 0 Å². The molecule has 1 aromatic heterocycles. The first-order valence-electron chi connectivity index (χ1n) is 7.92. The molecule has 0 aliphatic rings. The van der Waals surface area contributed by atoms with Gasteiger partial charge in [0.25, 0.3) is 0 Å². The molecular weight excluding hydrogens is 276 g/mol. The average Bonchev–Trinajstić information content (AvgIpc) is 3.01. The summed E-state index contributed by atoms with van der Waals surface area (Å²) in [5.74, 6) is 0. The summed E-state index contributed by atoms with van der Waals surface area (Å²) in [6.45, 7) is 9.83. The highest BCUT2D eigenvalue weighted by atomic mass is 32.1. The Morgan fingerprint density at radius 1 is 1.14 bits per heavy atom. The van der Waals surface area contributed by atoms with E-state index in [1.54, 1.807) is 11.3 Å². The van der Waals surface area contributed by atoms with Gasteiger partial charge in [-0.05, 0) is 31.9 Å². The van der Waals surface area contributed by atoms with E-state index >= 15 is 0 Å². The van der Waals surface area contributed by atoms with Gasteiger partial charge in [0.05, 0.1) is 5.69 Å². The Hall–Kier alpha value is -1.19. The van der Waals surface area contributed by atoms with Crippen LogP contribution in [-0.4, -0.2) is 11.5 Å². The number of hydrogen-bond donors (Lipinski definition) is 1. The minimum Gasteiger partial charge on any atom is -0.309 e. The van der Waals surface area contributed by atoms with Gasteiger partial charge in [0.1, 0.15) is 5.01 Å². The quantitative estimate of drug-likeness (QED) is 0.785. The highest BCUT2D eigenvalue weighted by molar-refractivity contribution is 7.09. The van der Waals surface area contributed by atoms with E-state index in [2.05, 4.69) is 68.7 Å². The molecule has 0 saturated carbocycles. The highest BCUT2D eigenvalue weighted by Gasteiger charge is 2.33. The van der Waals surface area contributed by atoms with E-state index in [1.165, 1.54) is 16.3 Å². The van der Waals surface area contributed by atoms with E-state index in [9.17, 15) is 0 Å². The van der Waals surface area contributed by atoms with Crippen molar-refractivity contribution >= 4 is 11.3 Å². The third kappa shape index (κ3) is 3.19. The van der Waals surface area contributed by atoms with Crippen LogP contribution in [0.4, 0.5) is 0 Å². The number of thiazole rings is 1. The third-order valence-corrected chi connectivity index (χ3v) is 5.48. The van der Waals surface area contributed by atoms with Crippen LogP contribution in [-0.2, 0) is 5.41 Å². The van der Waals surface area contributed by atoms with Gasteiger partial charge in [0.15, 0.2) is 0 Å². The van der Waals surface area contributed by atoms with E-state index < -0.39 is 0 Å². The molecule has 0 saturated heterocycles. The maximum absolute atomic E-state index is 4.98. The molecule has 0 fully saturated rings. The first-order chi connectivity index (χ1) is 10.2. The molecule has 1 unspecified atom stereocenters. The van der Waals surface area contributed by atoms with Gasteiger partial charge < -0.3 is 5.32 Å². The monoisotopic (exact) mass is 302 g/mol. The predicted octanol–water partition coefficient (Wildman–Crippen LogP) is 4.92. The van der Waals surface area contributed by atoms with Crippen LogP contribution in [0.15, 0.2) is 35.7 Å². The fourth-order valence-corrected chi connectivity index (χ4v) is 4.24. The van der Waals surface area contributed by atoms with Crippen LogP contribution in [0.25, 0.3) is 0 Å². The Morgan fingerprint density at radius 3 is 2.38 bits per heavy atom. The SMILES string of the molecule is CCNC(C)c1csc(C(CC)(CC)c2ccccc2)n1. The van der Waals surface area contributed by atoms with Crippen molar-refractivity contribution in [3.8, 4) is 0 Å². The van der Waals surface area contributed by atoms with Crippen molar-refractivity contribution in [1.29, 1.82) is 0 Å². The van der Waals surface area contributed by atoms with Crippen LogP contribution in [0.2, 0.25) is 0 Å². The number of benzene rings is 1. The van der Waals surface area contributed by atoms with Crippen LogP contribution in [0.1, 0.15) is 62.8 Å². The third-order valence-electron chi connectivity index (χ3n) is 4.42. The fraction of sp³-hybridized carbons (Fsp3) is 0.500. The first-order valence-corrected chi connectivity index (χ1v) is 8.80. The minimum absolute atomic E-state index is 0.0517. The van der Waals surface area contributed by atoms with E-state index in [0.717, 1.165) is 19.4 Å². The predicted molar refractivity (Wildman–Crippen MR) is 92.0 cm³/mol. The molecule has 1 N–H and O–H groups in total. The molecule has 0 radical (unpaired) electrons. The lowest BCUT2D eigenvalue weighted by Crippen LogP contribution is -2.26. The van der Waals surface area contributed by atoms with Crippen LogP contribution in [0.5, 0.6) is 0 Å². The second-order valence-corrected chi connectivity index (χ2v) is 6.37. The Kier molecular flexibility index (Phi) is 5.54. The highest BCUT2D eigenvalue weighted by Crippen LogP contribution is 2.40. The molecule has 0 aliphatic heterocycles. The molecule has 2 rings (SSSR count). The molecule has 1 heterocycles. The molecule has 0 amide bonds. The number of aromatic nitrogens is 1. The summed E-state index contributed by atoms with van der Waals surface area (Å²) < 4.78 is 0. The summed E-state index contributed by atoms with van der Waals surface area (Å²) in [6.07, 6.45) is 2.16. The van der Waals surface area contributed by atoms with Crippen molar-refractivity contribution in [2.24, 2.45) is 0 Å². The maximum Gasteiger partial charge on any atom is 0.103 e. The summed E-state index contributed by atoms with van der Waals surface area (Å²) in [4.78, 5) is 4.98. The molecule has 114 valence electrons. The average molecular weight is 302 g/mol.